The van der Waals surface area contributed by atoms with Crippen LogP contribution in [0.2, 0.25) is 0 Å². The average molecular weight is 404 g/mol. The second kappa shape index (κ2) is 8.00. The summed E-state index contributed by atoms with van der Waals surface area (Å²) in [5.41, 5.74) is 1.24. The largest absolute Gasteiger partial charge is 0.464 e. The third-order valence-corrected chi connectivity index (χ3v) is 4.91. The topological polar surface area (TPSA) is 103 Å². The molecule has 1 N–H and O–H groups in total. The van der Waals surface area contributed by atoms with Crippen LogP contribution in [0.25, 0.3) is 0 Å². The lowest BCUT2D eigenvalue weighted by molar-refractivity contribution is -0.160. The Hall–Kier alpha value is -3.27. The first kappa shape index (κ1) is 20.5. The molecule has 2 heterocycles. The number of halogens is 1. The number of nitrogens with one attached hydrogen (secondary N) is 1. The number of carbonyl (C=O) groups is 3. The van der Waals surface area contributed by atoms with Gasteiger partial charge < -0.3 is 19.7 Å². The lowest BCUT2D eigenvalue weighted by Crippen LogP contribution is -2.51. The number of methoxy groups -OCH3 is 1. The van der Waals surface area contributed by atoms with Crippen LogP contribution in [0.15, 0.2) is 24.3 Å². The van der Waals surface area contributed by atoms with E-state index in [1.54, 1.807) is 21.0 Å². The summed E-state index contributed by atoms with van der Waals surface area (Å²) in [5.74, 6) is -2.01. The Morgan fingerprint density at radius 1 is 1.28 bits per heavy atom. The van der Waals surface area contributed by atoms with Crippen molar-refractivity contribution in [3.8, 4) is 0 Å². The molecule has 1 aliphatic rings. The minimum Gasteiger partial charge on any atom is -0.464 e. The Morgan fingerprint density at radius 3 is 2.55 bits per heavy atom. The zero-order chi connectivity index (χ0) is 21.3. The maximum Gasteiger partial charge on any atom is 0.360 e. The van der Waals surface area contributed by atoms with E-state index in [2.05, 4.69) is 10.4 Å². The van der Waals surface area contributed by atoms with Crippen LogP contribution in [0.3, 0.4) is 0 Å². The van der Waals surface area contributed by atoms with Gasteiger partial charge in [-0.2, -0.15) is 5.10 Å². The van der Waals surface area contributed by atoms with Gasteiger partial charge in [-0.3, -0.25) is 14.3 Å². The van der Waals surface area contributed by atoms with Crippen LogP contribution in [0.1, 0.15) is 27.8 Å². The van der Waals surface area contributed by atoms with Crippen molar-refractivity contribution in [1.29, 1.82) is 0 Å². The number of esters is 1. The smallest absolute Gasteiger partial charge is 0.360 e. The van der Waals surface area contributed by atoms with Gasteiger partial charge in [0.05, 0.1) is 24.5 Å². The number of carbonyl (C=O) groups excluding carboxylic acids is 3. The molecule has 9 nitrogen and oxygen atoms in total. The Morgan fingerprint density at radius 2 is 1.93 bits per heavy atom. The second-order valence-corrected chi connectivity index (χ2v) is 6.65. The molecule has 3 rings (SSSR count). The van der Waals surface area contributed by atoms with Crippen molar-refractivity contribution in [2.75, 3.05) is 26.1 Å². The van der Waals surface area contributed by atoms with Crippen molar-refractivity contribution in [2.24, 2.45) is 7.05 Å². The molecule has 1 saturated heterocycles. The molecule has 2 amide bonds. The predicted octanol–water partition coefficient (Wildman–Crippen LogP) is 1.19. The number of likely N-dealkylation sites (N-methyl/N-ethyl adjacent to an activating group) is 1. The van der Waals surface area contributed by atoms with Gasteiger partial charge in [-0.15, -0.1) is 0 Å². The van der Waals surface area contributed by atoms with Gasteiger partial charge in [0, 0.05) is 14.1 Å². The van der Waals surface area contributed by atoms with Crippen molar-refractivity contribution in [1.82, 2.24) is 14.7 Å². The molecule has 0 aliphatic carbocycles. The van der Waals surface area contributed by atoms with E-state index in [0.717, 1.165) is 0 Å². The maximum atomic E-state index is 13.3. The van der Waals surface area contributed by atoms with E-state index in [0.29, 0.717) is 11.3 Å². The molecule has 0 radical (unpaired) electrons. The number of ether oxygens (including phenoxy) is 2. The molecule has 1 aromatic carbocycles. The molecule has 154 valence electrons. The van der Waals surface area contributed by atoms with Gasteiger partial charge in [0.25, 0.3) is 5.91 Å². The van der Waals surface area contributed by atoms with Crippen molar-refractivity contribution in [2.45, 2.75) is 19.1 Å². The molecule has 2 unspecified atom stereocenters. The monoisotopic (exact) mass is 404 g/mol. The minimum atomic E-state index is -1.08. The van der Waals surface area contributed by atoms with Crippen LogP contribution in [-0.2, 0) is 26.1 Å². The molecule has 1 aliphatic heterocycles. The number of rotatable bonds is 4. The standard InChI is InChI=1S/C19H21FN4O5/c1-10-14(15(19(27)28-4)22-24(10)3)21-18(26)17-16(23(2)13(25)9-29-17)11-5-7-12(20)8-6-11/h5-8,16-17H,9H2,1-4H3,(H,21,26). The third kappa shape index (κ3) is 3.83. The van der Waals surface area contributed by atoms with Gasteiger partial charge in [0.15, 0.2) is 11.8 Å². The quantitative estimate of drug-likeness (QED) is 0.768. The Balaban J connectivity index is 1.94. The molecule has 0 saturated carbocycles. The third-order valence-electron chi connectivity index (χ3n) is 4.91. The van der Waals surface area contributed by atoms with E-state index in [4.69, 9.17) is 9.47 Å². The van der Waals surface area contributed by atoms with Crippen molar-refractivity contribution < 1.29 is 28.2 Å². The fourth-order valence-corrected chi connectivity index (χ4v) is 3.18. The molecule has 2 atom stereocenters. The summed E-state index contributed by atoms with van der Waals surface area (Å²) >= 11 is 0. The predicted molar refractivity (Wildman–Crippen MR) is 99.6 cm³/mol. The summed E-state index contributed by atoms with van der Waals surface area (Å²) < 4.78 is 25.0. The van der Waals surface area contributed by atoms with Gasteiger partial charge in [-0.1, -0.05) is 12.1 Å². The number of amides is 2. The molecule has 0 bridgehead atoms. The number of aryl methyl sites for hydroxylation is 1. The highest BCUT2D eigenvalue weighted by Gasteiger charge is 2.40. The average Bonchev–Trinajstić information content (AvgIpc) is 2.98. The fraction of sp³-hybridized carbons (Fsp3) is 0.368. The first-order valence-electron chi connectivity index (χ1n) is 8.80. The van der Waals surface area contributed by atoms with Gasteiger partial charge in [0.2, 0.25) is 5.91 Å². The van der Waals surface area contributed by atoms with E-state index in [1.165, 1.54) is 41.0 Å². The highest BCUT2D eigenvalue weighted by atomic mass is 19.1. The summed E-state index contributed by atoms with van der Waals surface area (Å²) in [6.07, 6.45) is -1.08. The summed E-state index contributed by atoms with van der Waals surface area (Å²) in [6.45, 7) is 1.41. The minimum absolute atomic E-state index is 0.0422. The summed E-state index contributed by atoms with van der Waals surface area (Å²) in [5, 5.41) is 6.74. The van der Waals surface area contributed by atoms with E-state index >= 15 is 0 Å². The molecule has 0 spiro atoms. The summed E-state index contributed by atoms with van der Waals surface area (Å²) in [6, 6.07) is 4.72. The first-order valence-corrected chi connectivity index (χ1v) is 8.80. The number of nitrogens with zero attached hydrogens (tertiary/aromatic N) is 3. The number of anilines is 1. The normalized spacial score (nSPS) is 19.2. The van der Waals surface area contributed by atoms with Crippen molar-refractivity contribution >= 4 is 23.5 Å². The zero-order valence-corrected chi connectivity index (χ0v) is 16.4. The van der Waals surface area contributed by atoms with Crippen LogP contribution in [-0.4, -0.2) is 59.3 Å². The van der Waals surface area contributed by atoms with Crippen LogP contribution >= 0.6 is 0 Å². The number of benzene rings is 1. The molecule has 1 aromatic heterocycles. The van der Waals surface area contributed by atoms with Gasteiger partial charge in [0.1, 0.15) is 12.4 Å². The maximum absolute atomic E-state index is 13.3. The first-order chi connectivity index (χ1) is 13.7. The van der Waals surface area contributed by atoms with Gasteiger partial charge >= 0.3 is 5.97 Å². The summed E-state index contributed by atoms with van der Waals surface area (Å²) in [4.78, 5) is 38.6. The Kier molecular flexibility index (Phi) is 5.64. The second-order valence-electron chi connectivity index (χ2n) is 6.65. The van der Waals surface area contributed by atoms with Crippen LogP contribution < -0.4 is 5.32 Å². The highest BCUT2D eigenvalue weighted by molar-refractivity contribution is 6.02. The number of aromatic nitrogens is 2. The molecule has 2 aromatic rings. The van der Waals surface area contributed by atoms with E-state index in [9.17, 15) is 18.8 Å². The van der Waals surface area contributed by atoms with Crippen molar-refractivity contribution in [3.63, 3.8) is 0 Å². The number of hydrogen-bond donors (Lipinski definition) is 1. The lowest BCUT2D eigenvalue weighted by Gasteiger charge is -2.38. The van der Waals surface area contributed by atoms with E-state index in [-0.39, 0.29) is 23.9 Å². The summed E-state index contributed by atoms with van der Waals surface area (Å²) in [7, 11) is 4.39. The van der Waals surface area contributed by atoms with E-state index < -0.39 is 29.8 Å². The lowest BCUT2D eigenvalue weighted by atomic mass is 9.97. The SMILES string of the molecule is COC(=O)c1nn(C)c(C)c1NC(=O)C1OCC(=O)N(C)C1c1ccc(F)cc1. The zero-order valence-electron chi connectivity index (χ0n) is 16.4. The fourth-order valence-electron chi connectivity index (χ4n) is 3.18. The number of morpholine rings is 1. The molecule has 1 fully saturated rings. The van der Waals surface area contributed by atoms with Gasteiger partial charge in [-0.25, -0.2) is 9.18 Å². The Labute approximate surface area is 166 Å². The van der Waals surface area contributed by atoms with Gasteiger partial charge in [-0.05, 0) is 24.6 Å². The molecular formula is C19H21FN4O5. The molecule has 10 heteroatoms. The molecular weight excluding hydrogens is 383 g/mol. The van der Waals surface area contributed by atoms with Crippen molar-refractivity contribution in [3.05, 3.63) is 47.0 Å². The van der Waals surface area contributed by atoms with Crippen LogP contribution in [0.4, 0.5) is 10.1 Å². The van der Waals surface area contributed by atoms with Crippen LogP contribution in [0.5, 0.6) is 0 Å². The highest BCUT2D eigenvalue weighted by Crippen LogP contribution is 2.31. The number of hydrogen-bond acceptors (Lipinski definition) is 6. The van der Waals surface area contributed by atoms with E-state index in [1.807, 2.05) is 0 Å². The molecule has 29 heavy (non-hydrogen) atoms. The van der Waals surface area contributed by atoms with Crippen LogP contribution in [0, 0.1) is 12.7 Å². The Bertz CT molecular complexity index is 956.